The van der Waals surface area contributed by atoms with E-state index < -0.39 is 28.9 Å². The highest BCUT2D eigenvalue weighted by atomic mass is 79.9. The molecule has 760 valence electrons. The predicted octanol–water partition coefficient (Wildman–Crippen LogP) is 23.3. The number of benzene rings is 6. The molecule has 5 fully saturated rings. The molecule has 3 atom stereocenters. The van der Waals surface area contributed by atoms with Crippen molar-refractivity contribution >= 4 is 96.6 Å². The van der Waals surface area contributed by atoms with Crippen LogP contribution in [0.25, 0.3) is 89.7 Å². The van der Waals surface area contributed by atoms with E-state index in [9.17, 15) is 24.0 Å². The third-order valence-electron chi connectivity index (χ3n) is 23.8. The average Bonchev–Trinajstić information content (AvgIpc) is 1.58. The molecule has 3 aliphatic heterocycles. The summed E-state index contributed by atoms with van der Waals surface area (Å²) in [5.74, 6) is 5.39. The quantitative estimate of drug-likeness (QED) is 0.0341. The Morgan fingerprint density at radius 3 is 1.19 bits per heavy atom. The number of carbonyl (C=O) groups is 5. The second kappa shape index (κ2) is 47.6. The highest BCUT2D eigenvalue weighted by Crippen LogP contribution is 2.50. The normalized spacial score (nSPS) is 15.5. The van der Waals surface area contributed by atoms with E-state index >= 15 is 0 Å². The van der Waals surface area contributed by atoms with Crippen LogP contribution in [0, 0.1) is 0 Å². The Bertz CT molecular complexity index is 6860. The highest BCUT2D eigenvalue weighted by molar-refractivity contribution is 9.10. The van der Waals surface area contributed by atoms with Crippen molar-refractivity contribution in [2.24, 2.45) is 0 Å². The van der Waals surface area contributed by atoms with E-state index in [1.165, 1.54) is 69.7 Å². The molecular formula is C109H127BrN20O15. The number of rotatable bonds is 23. The third-order valence-corrected chi connectivity index (χ3v) is 24.6. The minimum atomic E-state index is -0.866. The number of nitrogens with zero attached hydrogens (tertiary/aromatic N) is 17. The average molecular weight is 2040 g/mol. The molecule has 12 heterocycles. The molecule has 36 heteroatoms. The van der Waals surface area contributed by atoms with Gasteiger partial charge in [0.15, 0.2) is 6.39 Å². The van der Waals surface area contributed by atoms with E-state index in [-0.39, 0.29) is 58.5 Å². The van der Waals surface area contributed by atoms with E-state index in [4.69, 9.17) is 58.8 Å². The van der Waals surface area contributed by atoms with E-state index in [2.05, 4.69) is 96.1 Å². The van der Waals surface area contributed by atoms with Gasteiger partial charge < -0.3 is 86.6 Å². The molecule has 145 heavy (non-hydrogen) atoms. The first-order chi connectivity index (χ1) is 68.3. The number of para-hydroxylation sites is 3. The smallest absolute Gasteiger partial charge is 0.413 e. The fourth-order valence-electron chi connectivity index (χ4n) is 17.1. The second-order valence-corrected chi connectivity index (χ2v) is 38.6. The summed E-state index contributed by atoms with van der Waals surface area (Å²) < 4.78 is 58.0. The number of aromatic nitrogens is 12. The number of fused-ring (bicyclic) bond motifs is 3. The number of nitrogens with one attached hydrogen (secondary N) is 1. The summed E-state index contributed by atoms with van der Waals surface area (Å²) in [5.41, 5.74) is 19.6. The summed E-state index contributed by atoms with van der Waals surface area (Å²) in [7, 11) is 4.12. The number of oxazole rings is 3. The zero-order chi connectivity index (χ0) is 99.9. The van der Waals surface area contributed by atoms with Crippen LogP contribution < -0.4 is 31.0 Å². The number of hydrogen-bond donors (Lipinski definition) is 4. The summed E-state index contributed by atoms with van der Waals surface area (Å²) in [6, 6.07) is 53.2. The van der Waals surface area contributed by atoms with Crippen LogP contribution in [-0.2, 0) is 23.8 Å². The van der Waals surface area contributed by atoms with Gasteiger partial charge in [-0.1, -0.05) is 125 Å². The number of amides is 4. The molecule has 0 radical (unpaired) electrons. The Hall–Kier alpha value is -15.6. The summed E-state index contributed by atoms with van der Waals surface area (Å²) in [6.45, 7) is 21.2. The number of halogens is 1. The zero-order valence-corrected chi connectivity index (χ0v) is 82.5. The van der Waals surface area contributed by atoms with Gasteiger partial charge in [-0.25, -0.2) is 64.0 Å². The number of carbonyl (C=O) groups excluding carboxylic acids is 4. The van der Waals surface area contributed by atoms with E-state index in [1.807, 2.05) is 223 Å². The molecule has 20 rings (SSSR count). The Labute approximate surface area is 851 Å². The van der Waals surface area contributed by atoms with Gasteiger partial charge >= 0.3 is 24.2 Å². The number of anilines is 3. The van der Waals surface area contributed by atoms with Gasteiger partial charge in [-0.2, -0.15) is 0 Å². The minimum absolute atomic E-state index is 0. The molecule has 2 aliphatic carbocycles. The molecule has 0 bridgehead atoms. The van der Waals surface area contributed by atoms with Crippen molar-refractivity contribution in [2.45, 2.75) is 177 Å². The third kappa shape index (κ3) is 27.1. The summed E-state index contributed by atoms with van der Waals surface area (Å²) in [4.78, 5) is 111. The Kier molecular flexibility index (Phi) is 35.0. The molecule has 0 spiro atoms. The zero-order valence-electron chi connectivity index (χ0n) is 81.0. The summed E-state index contributed by atoms with van der Waals surface area (Å²) in [6.07, 6.45) is 27.5. The maximum absolute atomic E-state index is 13.1. The molecule has 15 aromatic rings. The number of carboxylic acids is 1. The lowest BCUT2D eigenvalue weighted by Gasteiger charge is -2.24. The molecule has 2 saturated carbocycles. The largest absolute Gasteiger partial charge is 0.478 e. The topological polar surface area (TPSA) is 411 Å². The molecule has 6 N–H and O–H groups in total. The van der Waals surface area contributed by atoms with Crippen molar-refractivity contribution in [3.63, 3.8) is 0 Å². The van der Waals surface area contributed by atoms with Gasteiger partial charge in [0.2, 0.25) is 17.7 Å². The maximum atomic E-state index is 13.1. The van der Waals surface area contributed by atoms with Gasteiger partial charge in [0.05, 0.1) is 57.5 Å². The SMILES string of the molecule is C.C.C.CC(C)(C)OC(=O)N1CC[C@@H](n2c(-c3ncco3)c(-c3ccc(Oc4ccccc4)cc3)c3c(N)ncnc32)C1.CC(C)(C)OC(=O)Nc1ncnc2c1c(-c1ccc(Oc3ccccc3)cc1)c(Br)n2[C@@H]1CCN(C(=O)OC(C)(C)C)C1.CN(C/C=C/C(=O)N1CC[C@@H](n2c(-c3ncco3)c(-c3ccc(Oc4ccccc4)cc3)c3c(N)ncnc32)C1)C1CC1.CN(C/C=C/C(=O)O)C1CC1.c1cocn1. The molecule has 5 aliphatic rings. The number of likely N-dealkylation sites (tertiary alicyclic amines) is 3. The molecule has 9 aromatic heterocycles. The van der Waals surface area contributed by atoms with Gasteiger partial charge in [-0.3, -0.25) is 19.9 Å². The standard InChI is InChI=1S/C33H33N7O3.C32H36BrN5O5.C30H30N6O4.C8H13NO2.C3H3NO.3CH4/c1-38(23-11-12-23)17-5-8-27(41)39-18-15-24(20-39)40-30(33-35-16-19-42-33)28(29-31(34)36-21-37-32(29)40)22-9-13-26(14-10-22)43-25-6-3-2-4-7-25;1-31(2,3)42-29(39)36-27-25-24(20-12-14-23(15-13-20)41-22-10-8-7-9-11-22)26(33)38(28(25)35-19-34-27)21-16-17-37(18-21)30(40)43-32(4,5)6;1-30(2,3)40-29(37)35-15-13-20(17-35)36-25(28-32-14-16-38-28)23(24-26(31)33-18-34-27(24)36)19-9-11-22(12-10-19)39-21-7-5-4-6-8-21;1-9(7-4-5-7)6-2-3-8(10)11;1-2-5-3-4-1;;;/h2-10,13-14,16,19,21,23-24H,11-12,15,17-18,20H2,1H3,(H2,34,36,37);7-15,19,21H,16-18H2,1-6H3,(H,34,35,36,39);4-12,14,16,18,20H,13,15,17H2,1-3H3,(H2,31,33,34);2-3,7H,4-6H2,1H3,(H,10,11);1-3H;3*1H4/b8-5+;;;3-2+;;;;/t24-;21-;20-;;;;;/m111...../s1. The van der Waals surface area contributed by atoms with Gasteiger partial charge in [0, 0.05) is 93.3 Å². The Morgan fingerprint density at radius 2 is 0.821 bits per heavy atom. The molecule has 3 saturated heterocycles. The first-order valence-electron chi connectivity index (χ1n) is 47.0. The van der Waals surface area contributed by atoms with Crippen LogP contribution >= 0.6 is 15.9 Å². The minimum Gasteiger partial charge on any atom is -0.478 e. The lowest BCUT2D eigenvalue weighted by atomic mass is 10.0. The van der Waals surface area contributed by atoms with Crippen LogP contribution in [0.4, 0.5) is 31.8 Å². The van der Waals surface area contributed by atoms with Gasteiger partial charge in [-0.05, 0) is 227 Å². The van der Waals surface area contributed by atoms with Crippen molar-refractivity contribution in [1.82, 2.24) is 83.1 Å². The van der Waals surface area contributed by atoms with Crippen molar-refractivity contribution in [2.75, 3.05) is 83.2 Å². The fraction of sp³-hybridized carbons (Fsp3) is 0.339. The maximum Gasteiger partial charge on any atom is 0.413 e. The molecular weight excluding hydrogens is 1910 g/mol. The summed E-state index contributed by atoms with van der Waals surface area (Å²) in [5, 5.41) is 13.2. The first kappa shape index (κ1) is 107. The van der Waals surface area contributed by atoms with Gasteiger partial charge in [-0.15, -0.1) is 0 Å². The molecule has 35 nitrogen and oxygen atoms in total. The van der Waals surface area contributed by atoms with Crippen LogP contribution in [0.15, 0.2) is 269 Å². The number of likely N-dealkylation sites (N-methyl/N-ethyl adjacent to an activating group) is 2. The number of carboxylic acid groups (broad SMARTS) is 1. The predicted molar refractivity (Wildman–Crippen MR) is 563 cm³/mol. The number of aliphatic carboxylic acids is 1. The first-order valence-corrected chi connectivity index (χ1v) is 47.8. The highest BCUT2D eigenvalue weighted by Gasteiger charge is 2.40. The Morgan fingerprint density at radius 1 is 0.448 bits per heavy atom. The van der Waals surface area contributed by atoms with Crippen molar-refractivity contribution in [1.29, 1.82) is 0 Å². The monoisotopic (exact) mass is 2030 g/mol. The van der Waals surface area contributed by atoms with E-state index in [0.717, 1.165) is 91.5 Å². The number of nitrogen functional groups attached to an aromatic ring is 2. The van der Waals surface area contributed by atoms with Crippen LogP contribution in [0.2, 0.25) is 0 Å². The Balaban J connectivity index is 0.000000167. The molecule has 0 unspecified atom stereocenters. The number of hydrogen-bond acceptors (Lipinski definition) is 27. The second-order valence-electron chi connectivity index (χ2n) is 37.8. The number of ether oxygens (including phenoxy) is 6. The van der Waals surface area contributed by atoms with Crippen molar-refractivity contribution < 1.29 is 70.8 Å². The summed E-state index contributed by atoms with van der Waals surface area (Å²) >= 11 is 3.85. The van der Waals surface area contributed by atoms with E-state index in [0.29, 0.717) is 138 Å². The molecule has 6 aromatic carbocycles. The van der Waals surface area contributed by atoms with Gasteiger partial charge in [0.25, 0.3) is 0 Å². The fourth-order valence-corrected chi connectivity index (χ4v) is 18.0. The van der Waals surface area contributed by atoms with Crippen LogP contribution in [0.1, 0.15) is 148 Å². The van der Waals surface area contributed by atoms with Crippen LogP contribution in [0.3, 0.4) is 0 Å². The van der Waals surface area contributed by atoms with E-state index in [1.54, 1.807) is 67.6 Å². The molecule has 4 amide bonds. The lowest BCUT2D eigenvalue weighted by Crippen LogP contribution is -2.35. The van der Waals surface area contributed by atoms with Gasteiger partial charge in [0.1, 0.15) is 135 Å². The lowest BCUT2D eigenvalue weighted by molar-refractivity contribution is -0.131. The van der Waals surface area contributed by atoms with Crippen LogP contribution in [-0.4, -0.2) is 214 Å². The van der Waals surface area contributed by atoms with Crippen molar-refractivity contribution in [3.05, 3.63) is 255 Å². The van der Waals surface area contributed by atoms with Crippen LogP contribution in [0.5, 0.6) is 34.5 Å². The van der Waals surface area contributed by atoms with Crippen molar-refractivity contribution in [3.8, 4) is 91.0 Å². The number of nitrogens with two attached hydrogens (primary N) is 2.